The average Bonchev–Trinajstić information content (AvgIpc) is 2.74. The first-order chi connectivity index (χ1) is 13.8. The van der Waals surface area contributed by atoms with Crippen LogP contribution in [0.3, 0.4) is 0 Å². The second kappa shape index (κ2) is 8.78. The SMILES string of the molecule is O=C(NCCC1=CCCCC1)c1cncc(Nc2ccc3c(c2)OCCO3)c1. The molecule has 1 amide bonds. The van der Waals surface area contributed by atoms with Crippen molar-refractivity contribution in [1.29, 1.82) is 0 Å². The van der Waals surface area contributed by atoms with Gasteiger partial charge in [-0.1, -0.05) is 11.6 Å². The number of anilines is 2. The normalized spacial score (nSPS) is 15.5. The van der Waals surface area contributed by atoms with Gasteiger partial charge in [-0.25, -0.2) is 0 Å². The van der Waals surface area contributed by atoms with Gasteiger partial charge >= 0.3 is 0 Å². The van der Waals surface area contributed by atoms with Crippen LogP contribution in [-0.4, -0.2) is 30.6 Å². The van der Waals surface area contributed by atoms with E-state index in [1.54, 1.807) is 18.5 Å². The molecule has 6 nitrogen and oxygen atoms in total. The van der Waals surface area contributed by atoms with Crippen LogP contribution in [0.15, 0.2) is 48.3 Å². The Morgan fingerprint density at radius 1 is 1.04 bits per heavy atom. The Bertz CT molecular complexity index is 879. The molecule has 0 atom stereocenters. The fourth-order valence-corrected chi connectivity index (χ4v) is 3.49. The van der Waals surface area contributed by atoms with Crippen LogP contribution in [0.1, 0.15) is 42.5 Å². The number of benzene rings is 1. The summed E-state index contributed by atoms with van der Waals surface area (Å²) in [4.78, 5) is 16.6. The fourth-order valence-electron chi connectivity index (χ4n) is 3.49. The minimum atomic E-state index is -0.102. The molecule has 0 bridgehead atoms. The summed E-state index contributed by atoms with van der Waals surface area (Å²) in [6.07, 6.45) is 11.4. The van der Waals surface area contributed by atoms with Crippen LogP contribution in [-0.2, 0) is 0 Å². The summed E-state index contributed by atoms with van der Waals surface area (Å²) in [5, 5.41) is 6.26. The smallest absolute Gasteiger partial charge is 0.252 e. The summed E-state index contributed by atoms with van der Waals surface area (Å²) in [5.74, 6) is 1.36. The lowest BCUT2D eigenvalue weighted by atomic mass is 9.97. The average molecular weight is 379 g/mol. The van der Waals surface area contributed by atoms with Crippen LogP contribution >= 0.6 is 0 Å². The predicted molar refractivity (Wildman–Crippen MR) is 108 cm³/mol. The minimum absolute atomic E-state index is 0.102. The number of amides is 1. The quantitative estimate of drug-likeness (QED) is 0.736. The first-order valence-corrected chi connectivity index (χ1v) is 9.86. The van der Waals surface area contributed by atoms with Gasteiger partial charge < -0.3 is 20.1 Å². The van der Waals surface area contributed by atoms with E-state index < -0.39 is 0 Å². The van der Waals surface area contributed by atoms with Crippen molar-refractivity contribution in [3.8, 4) is 11.5 Å². The second-order valence-corrected chi connectivity index (χ2v) is 7.06. The molecule has 1 aromatic carbocycles. The van der Waals surface area contributed by atoms with Gasteiger partial charge in [0.1, 0.15) is 13.2 Å². The van der Waals surface area contributed by atoms with Crippen LogP contribution < -0.4 is 20.1 Å². The van der Waals surface area contributed by atoms with Crippen molar-refractivity contribution >= 4 is 17.3 Å². The Morgan fingerprint density at radius 3 is 2.79 bits per heavy atom. The number of ether oxygens (including phenoxy) is 2. The van der Waals surface area contributed by atoms with E-state index in [9.17, 15) is 4.79 Å². The van der Waals surface area contributed by atoms with Crippen LogP contribution in [0.4, 0.5) is 11.4 Å². The van der Waals surface area contributed by atoms with Crippen molar-refractivity contribution in [3.63, 3.8) is 0 Å². The third kappa shape index (κ3) is 4.63. The lowest BCUT2D eigenvalue weighted by molar-refractivity contribution is 0.0953. The molecule has 1 aliphatic heterocycles. The van der Waals surface area contributed by atoms with Crippen LogP contribution in [0.25, 0.3) is 0 Å². The van der Waals surface area contributed by atoms with Crippen molar-refractivity contribution < 1.29 is 14.3 Å². The zero-order valence-corrected chi connectivity index (χ0v) is 15.9. The van der Waals surface area contributed by atoms with Crippen molar-refractivity contribution in [1.82, 2.24) is 10.3 Å². The van der Waals surface area contributed by atoms with E-state index in [-0.39, 0.29) is 5.91 Å². The third-order valence-electron chi connectivity index (χ3n) is 4.95. The maximum absolute atomic E-state index is 12.4. The summed E-state index contributed by atoms with van der Waals surface area (Å²) in [6.45, 7) is 1.77. The highest BCUT2D eigenvalue weighted by molar-refractivity contribution is 5.94. The van der Waals surface area contributed by atoms with Crippen LogP contribution in [0, 0.1) is 0 Å². The van der Waals surface area contributed by atoms with E-state index in [4.69, 9.17) is 9.47 Å². The Balaban J connectivity index is 1.35. The van der Waals surface area contributed by atoms with Crippen molar-refractivity contribution in [2.75, 3.05) is 25.1 Å². The van der Waals surface area contributed by atoms with Gasteiger partial charge in [0, 0.05) is 24.5 Å². The summed E-state index contributed by atoms with van der Waals surface area (Å²) >= 11 is 0. The van der Waals surface area contributed by atoms with Crippen LogP contribution in [0.2, 0.25) is 0 Å². The van der Waals surface area contributed by atoms with Gasteiger partial charge in [-0.3, -0.25) is 9.78 Å². The first-order valence-electron chi connectivity index (χ1n) is 9.86. The highest BCUT2D eigenvalue weighted by Gasteiger charge is 2.12. The highest BCUT2D eigenvalue weighted by Crippen LogP contribution is 2.33. The molecule has 146 valence electrons. The van der Waals surface area contributed by atoms with E-state index >= 15 is 0 Å². The van der Waals surface area contributed by atoms with E-state index in [0.717, 1.165) is 35.7 Å². The van der Waals surface area contributed by atoms with Gasteiger partial charge in [-0.2, -0.15) is 0 Å². The Morgan fingerprint density at radius 2 is 1.93 bits per heavy atom. The van der Waals surface area contributed by atoms with Gasteiger partial charge in [0.15, 0.2) is 11.5 Å². The molecular weight excluding hydrogens is 354 g/mol. The molecule has 2 aliphatic rings. The van der Waals surface area contributed by atoms with Gasteiger partial charge in [-0.15, -0.1) is 0 Å². The van der Waals surface area contributed by atoms with Gasteiger partial charge in [0.25, 0.3) is 5.91 Å². The molecule has 2 aromatic rings. The highest BCUT2D eigenvalue weighted by atomic mass is 16.6. The summed E-state index contributed by atoms with van der Waals surface area (Å²) < 4.78 is 11.1. The molecule has 28 heavy (non-hydrogen) atoms. The Labute approximate surface area is 165 Å². The van der Waals surface area contributed by atoms with Gasteiger partial charge in [-0.05, 0) is 50.3 Å². The van der Waals surface area contributed by atoms with Gasteiger partial charge in [0.2, 0.25) is 0 Å². The molecular formula is C22H25N3O3. The number of nitrogens with one attached hydrogen (secondary N) is 2. The predicted octanol–water partition coefficient (Wildman–Crippen LogP) is 4.22. The molecule has 2 N–H and O–H groups in total. The molecule has 0 saturated heterocycles. The molecule has 0 fully saturated rings. The third-order valence-corrected chi connectivity index (χ3v) is 4.95. The lowest BCUT2D eigenvalue weighted by Gasteiger charge is -2.19. The lowest BCUT2D eigenvalue weighted by Crippen LogP contribution is -2.25. The Kier molecular flexibility index (Phi) is 5.75. The molecule has 0 radical (unpaired) electrons. The fraction of sp³-hybridized carbons (Fsp3) is 0.364. The van der Waals surface area contributed by atoms with E-state index in [2.05, 4.69) is 21.7 Å². The van der Waals surface area contributed by atoms with E-state index in [1.165, 1.54) is 24.8 Å². The molecule has 1 aliphatic carbocycles. The number of pyridine rings is 1. The number of carbonyl (C=O) groups is 1. The van der Waals surface area contributed by atoms with Crippen LogP contribution in [0.5, 0.6) is 11.5 Å². The number of hydrogen-bond acceptors (Lipinski definition) is 5. The number of nitrogens with zero attached hydrogens (tertiary/aromatic N) is 1. The number of rotatable bonds is 6. The summed E-state index contributed by atoms with van der Waals surface area (Å²) in [5.41, 5.74) is 3.60. The number of carbonyl (C=O) groups excluding carboxylic acids is 1. The minimum Gasteiger partial charge on any atom is -0.486 e. The molecule has 0 saturated carbocycles. The van der Waals surface area contributed by atoms with E-state index in [0.29, 0.717) is 25.3 Å². The molecule has 4 rings (SSSR count). The molecule has 2 heterocycles. The van der Waals surface area contributed by atoms with Crippen molar-refractivity contribution in [2.24, 2.45) is 0 Å². The van der Waals surface area contributed by atoms with E-state index in [1.807, 2.05) is 18.2 Å². The molecule has 0 unspecified atom stereocenters. The standard InChI is InChI=1S/C22H25N3O3/c26-22(24-9-8-16-4-2-1-3-5-16)17-12-19(15-23-14-17)25-18-6-7-20-21(13-18)28-11-10-27-20/h4,6-7,12-15,25H,1-3,5,8-11H2,(H,24,26). The number of aromatic nitrogens is 1. The van der Waals surface area contributed by atoms with Gasteiger partial charge in [0.05, 0.1) is 17.4 Å². The van der Waals surface area contributed by atoms with Crippen molar-refractivity contribution in [3.05, 3.63) is 53.9 Å². The summed E-state index contributed by atoms with van der Waals surface area (Å²) in [7, 11) is 0. The number of allylic oxidation sites excluding steroid dienone is 1. The Hall–Kier alpha value is -3.02. The van der Waals surface area contributed by atoms with Crippen molar-refractivity contribution in [2.45, 2.75) is 32.1 Å². The first kappa shape index (κ1) is 18.3. The maximum atomic E-state index is 12.4. The largest absolute Gasteiger partial charge is 0.486 e. The number of fused-ring (bicyclic) bond motifs is 1. The molecule has 1 aromatic heterocycles. The zero-order chi connectivity index (χ0) is 19.2. The maximum Gasteiger partial charge on any atom is 0.252 e. The topological polar surface area (TPSA) is 72.5 Å². The molecule has 0 spiro atoms. The molecule has 6 heteroatoms. The number of hydrogen-bond donors (Lipinski definition) is 2. The summed E-state index contributed by atoms with van der Waals surface area (Å²) in [6, 6.07) is 7.48. The monoisotopic (exact) mass is 379 g/mol. The second-order valence-electron chi connectivity index (χ2n) is 7.06. The zero-order valence-electron chi connectivity index (χ0n) is 15.9.